The van der Waals surface area contributed by atoms with Crippen molar-refractivity contribution in [3.63, 3.8) is 0 Å². The topological polar surface area (TPSA) is 134 Å². The van der Waals surface area contributed by atoms with Crippen molar-refractivity contribution in [1.29, 1.82) is 0 Å². The highest BCUT2D eigenvalue weighted by molar-refractivity contribution is 7.51. The maximum absolute atomic E-state index is 13.7. The molecule has 0 bridgehead atoms. The van der Waals surface area contributed by atoms with Crippen LogP contribution in [0.25, 0.3) is 0 Å². The SMILES string of the molecule is CCCCCCCCCCCCCCCCCCCOP(=O)(NCCNCCNCCNCCNCCNCCN)OCCCCCCCCCCCCCCCCCCC. The smallest absolute Gasteiger partial charge is 0.329 e. The summed E-state index contributed by atoms with van der Waals surface area (Å²) >= 11 is 0. The van der Waals surface area contributed by atoms with Gasteiger partial charge in [0.2, 0.25) is 0 Å². The monoisotopic (exact) mass is 888 g/mol. The van der Waals surface area contributed by atoms with E-state index in [1.54, 1.807) is 0 Å². The van der Waals surface area contributed by atoms with Gasteiger partial charge in [0.05, 0.1) is 13.2 Å². The third kappa shape index (κ3) is 52.4. The van der Waals surface area contributed by atoms with Crippen LogP contribution in [0.2, 0.25) is 0 Å². The number of unbranched alkanes of at least 4 members (excludes halogenated alkanes) is 32. The van der Waals surface area contributed by atoms with E-state index in [1.807, 2.05) is 0 Å². The number of nitrogens with two attached hydrogens (primary N) is 1. The van der Waals surface area contributed by atoms with Gasteiger partial charge < -0.3 is 32.3 Å². The van der Waals surface area contributed by atoms with Gasteiger partial charge in [0.25, 0.3) is 0 Å². The van der Waals surface area contributed by atoms with Crippen LogP contribution in [0.5, 0.6) is 0 Å². The van der Waals surface area contributed by atoms with Crippen molar-refractivity contribution in [1.82, 2.24) is 31.7 Å². The molecule has 0 atom stereocenters. The van der Waals surface area contributed by atoms with Crippen LogP contribution in [0.3, 0.4) is 0 Å². The van der Waals surface area contributed by atoms with Gasteiger partial charge in [-0.3, -0.25) is 9.05 Å². The highest BCUT2D eigenvalue weighted by Crippen LogP contribution is 2.43. The molecule has 0 aromatic heterocycles. The molecule has 0 aliphatic carbocycles. The Morgan fingerprint density at radius 3 is 0.770 bits per heavy atom. The fourth-order valence-corrected chi connectivity index (χ4v) is 9.25. The minimum atomic E-state index is -3.32. The zero-order valence-electron chi connectivity index (χ0n) is 41.2. The van der Waals surface area contributed by atoms with Gasteiger partial charge in [-0.1, -0.05) is 219 Å². The summed E-state index contributed by atoms with van der Waals surface area (Å²) in [6, 6.07) is 0. The van der Waals surface area contributed by atoms with Crippen LogP contribution in [0.4, 0.5) is 0 Å². The molecule has 0 aliphatic rings. The summed E-state index contributed by atoms with van der Waals surface area (Å²) in [5.74, 6) is 0. The third-order valence-electron chi connectivity index (χ3n) is 11.9. The lowest BCUT2D eigenvalue weighted by molar-refractivity contribution is 0.189. The lowest BCUT2D eigenvalue weighted by Gasteiger charge is -2.20. The van der Waals surface area contributed by atoms with Crippen LogP contribution in [-0.2, 0) is 13.6 Å². The van der Waals surface area contributed by atoms with E-state index in [0.29, 0.717) is 26.3 Å². The molecule has 0 fully saturated rings. The standard InChI is InChI=1S/C50H110N7O3P/c1-3-5-7-9-11-13-15-17-19-21-23-25-27-29-31-33-35-49-59-61(58,57-48-47-56-46-45-55-44-43-54-42-41-53-40-39-52-38-37-51)60-50-36-34-32-30-28-26-24-22-20-18-16-14-12-10-8-6-4-2/h52-56H,3-51H2,1-2H3,(H,57,58). The first-order valence-corrected chi connectivity index (χ1v) is 28.6. The van der Waals surface area contributed by atoms with E-state index in [-0.39, 0.29) is 0 Å². The molecule has 0 radical (unpaired) electrons. The number of hydrogen-bond donors (Lipinski definition) is 7. The van der Waals surface area contributed by atoms with Crippen LogP contribution < -0.4 is 37.4 Å². The largest absolute Gasteiger partial charge is 0.405 e. The summed E-state index contributed by atoms with van der Waals surface area (Å²) < 4.78 is 25.7. The first-order chi connectivity index (χ1) is 30.2. The Morgan fingerprint density at radius 2 is 0.525 bits per heavy atom. The van der Waals surface area contributed by atoms with Gasteiger partial charge in [-0.15, -0.1) is 0 Å². The molecule has 8 N–H and O–H groups in total. The van der Waals surface area contributed by atoms with E-state index < -0.39 is 7.75 Å². The molecule has 0 saturated carbocycles. The van der Waals surface area contributed by atoms with E-state index in [1.165, 1.54) is 193 Å². The molecule has 0 amide bonds. The van der Waals surface area contributed by atoms with Gasteiger partial charge >= 0.3 is 7.75 Å². The molecule has 0 rings (SSSR count). The fraction of sp³-hybridized carbons (Fsp3) is 1.00. The number of hydrogen-bond acceptors (Lipinski definition) is 9. The Morgan fingerprint density at radius 1 is 0.311 bits per heavy atom. The van der Waals surface area contributed by atoms with Crippen molar-refractivity contribution >= 4 is 7.75 Å². The van der Waals surface area contributed by atoms with Crippen LogP contribution in [0.15, 0.2) is 0 Å². The van der Waals surface area contributed by atoms with Crippen LogP contribution >= 0.6 is 7.75 Å². The van der Waals surface area contributed by atoms with Gasteiger partial charge in [0, 0.05) is 78.5 Å². The van der Waals surface area contributed by atoms with E-state index in [2.05, 4.69) is 45.5 Å². The quantitative estimate of drug-likeness (QED) is 0.0234. The molecule has 10 nitrogen and oxygen atoms in total. The van der Waals surface area contributed by atoms with E-state index >= 15 is 0 Å². The van der Waals surface area contributed by atoms with Crippen molar-refractivity contribution in [2.45, 2.75) is 232 Å². The van der Waals surface area contributed by atoms with Crippen LogP contribution in [0, 0.1) is 0 Å². The van der Waals surface area contributed by atoms with Crippen molar-refractivity contribution in [2.75, 3.05) is 91.8 Å². The molecular weight excluding hydrogens is 778 g/mol. The maximum atomic E-state index is 13.7. The Bertz CT molecular complexity index is 803. The van der Waals surface area contributed by atoms with Crippen molar-refractivity contribution in [3.8, 4) is 0 Å². The second kappa shape index (κ2) is 54.2. The van der Waals surface area contributed by atoms with E-state index in [9.17, 15) is 4.57 Å². The minimum Gasteiger partial charge on any atom is -0.329 e. The highest BCUT2D eigenvalue weighted by Gasteiger charge is 2.23. The van der Waals surface area contributed by atoms with Crippen molar-refractivity contribution in [2.24, 2.45) is 5.73 Å². The Hall–Kier alpha value is -0.130. The molecule has 0 aromatic rings. The molecular formula is C50H110N7O3P. The van der Waals surface area contributed by atoms with E-state index in [0.717, 1.165) is 91.1 Å². The summed E-state index contributed by atoms with van der Waals surface area (Å²) in [7, 11) is -3.32. The van der Waals surface area contributed by atoms with Gasteiger partial charge in [-0.2, -0.15) is 0 Å². The number of rotatable bonds is 56. The molecule has 0 aromatic carbocycles. The van der Waals surface area contributed by atoms with Crippen molar-refractivity contribution < 1.29 is 13.6 Å². The van der Waals surface area contributed by atoms with Crippen LogP contribution in [0.1, 0.15) is 232 Å². The molecule has 0 unspecified atom stereocenters. The minimum absolute atomic E-state index is 0.495. The summed E-state index contributed by atoms with van der Waals surface area (Å²) in [5, 5.41) is 20.3. The lowest BCUT2D eigenvalue weighted by atomic mass is 10.0. The first-order valence-electron chi connectivity index (χ1n) is 27.1. The van der Waals surface area contributed by atoms with Crippen LogP contribution in [-0.4, -0.2) is 91.8 Å². The predicted octanol–water partition coefficient (Wildman–Crippen LogP) is 11.9. The molecule has 11 heteroatoms. The molecule has 368 valence electrons. The molecule has 0 heterocycles. The second-order valence-corrected chi connectivity index (χ2v) is 19.8. The fourth-order valence-electron chi connectivity index (χ4n) is 7.87. The van der Waals surface area contributed by atoms with Gasteiger partial charge in [-0.25, -0.2) is 9.65 Å². The summed E-state index contributed by atoms with van der Waals surface area (Å²) in [5.41, 5.74) is 5.49. The molecule has 0 spiro atoms. The lowest BCUT2D eigenvalue weighted by Crippen LogP contribution is -2.37. The van der Waals surface area contributed by atoms with Crippen molar-refractivity contribution in [3.05, 3.63) is 0 Å². The number of nitrogens with one attached hydrogen (secondary N) is 6. The highest BCUT2D eigenvalue weighted by atomic mass is 31.2. The molecule has 0 saturated heterocycles. The first kappa shape index (κ1) is 60.9. The zero-order chi connectivity index (χ0) is 44.1. The average molecular weight is 888 g/mol. The molecule has 61 heavy (non-hydrogen) atoms. The Balaban J connectivity index is 4.08. The Labute approximate surface area is 381 Å². The normalized spacial score (nSPS) is 12.0. The second-order valence-electron chi connectivity index (χ2n) is 17.9. The summed E-state index contributed by atoms with van der Waals surface area (Å²) in [6.45, 7) is 15.9. The zero-order valence-corrected chi connectivity index (χ0v) is 42.1. The van der Waals surface area contributed by atoms with Gasteiger partial charge in [0.1, 0.15) is 0 Å². The van der Waals surface area contributed by atoms with Gasteiger partial charge in [0.15, 0.2) is 0 Å². The summed E-state index contributed by atoms with van der Waals surface area (Å²) in [6.07, 6.45) is 45.8. The van der Waals surface area contributed by atoms with Gasteiger partial charge in [-0.05, 0) is 12.8 Å². The molecule has 0 aliphatic heterocycles. The predicted molar refractivity (Wildman–Crippen MR) is 269 cm³/mol. The average Bonchev–Trinajstić information content (AvgIpc) is 3.26. The van der Waals surface area contributed by atoms with E-state index in [4.69, 9.17) is 14.8 Å². The Kier molecular flexibility index (Phi) is 54.1. The third-order valence-corrected chi connectivity index (χ3v) is 13.5. The maximum Gasteiger partial charge on any atom is 0.405 e. The summed E-state index contributed by atoms with van der Waals surface area (Å²) in [4.78, 5) is 0.